The maximum absolute atomic E-state index is 5.42. The monoisotopic (exact) mass is 289 g/mol. The minimum absolute atomic E-state index is 0.287. The van der Waals surface area contributed by atoms with Gasteiger partial charge in [-0.1, -0.05) is 0 Å². The summed E-state index contributed by atoms with van der Waals surface area (Å²) in [7, 11) is 1.72. The molecule has 2 N–H and O–H groups in total. The molecule has 0 radical (unpaired) electrons. The summed E-state index contributed by atoms with van der Waals surface area (Å²) in [5, 5.41) is 10.6. The minimum atomic E-state index is 0.287. The zero-order chi connectivity index (χ0) is 14.5. The Kier molecular flexibility index (Phi) is 4.37. The Labute approximate surface area is 123 Å². The predicted molar refractivity (Wildman–Crippen MR) is 78.3 cm³/mol. The molecule has 0 fully saturated rings. The lowest BCUT2D eigenvalue weighted by Gasteiger charge is -2.06. The SMILES string of the molecule is COCCCNCc1cn[nH]c1-c1ccc2c(c1)OCO2. The third-order valence-electron chi connectivity index (χ3n) is 3.40. The van der Waals surface area contributed by atoms with E-state index in [0.717, 1.165) is 54.4 Å². The lowest BCUT2D eigenvalue weighted by molar-refractivity contribution is 0.174. The number of nitrogens with zero attached hydrogens (tertiary/aromatic N) is 1. The van der Waals surface area contributed by atoms with Crippen LogP contribution >= 0.6 is 0 Å². The molecule has 0 bridgehead atoms. The normalized spacial score (nSPS) is 12.8. The molecule has 0 atom stereocenters. The molecule has 6 nitrogen and oxygen atoms in total. The van der Waals surface area contributed by atoms with Gasteiger partial charge in [0.25, 0.3) is 0 Å². The van der Waals surface area contributed by atoms with Crippen molar-refractivity contribution in [2.75, 3.05) is 27.1 Å². The fourth-order valence-corrected chi connectivity index (χ4v) is 2.31. The van der Waals surface area contributed by atoms with E-state index in [2.05, 4.69) is 15.5 Å². The van der Waals surface area contributed by atoms with Crippen LogP contribution in [0.3, 0.4) is 0 Å². The number of benzene rings is 1. The summed E-state index contributed by atoms with van der Waals surface area (Å²) in [6.45, 7) is 2.74. The van der Waals surface area contributed by atoms with E-state index in [0.29, 0.717) is 0 Å². The zero-order valence-electron chi connectivity index (χ0n) is 12.0. The van der Waals surface area contributed by atoms with Crippen molar-refractivity contribution in [3.63, 3.8) is 0 Å². The van der Waals surface area contributed by atoms with Gasteiger partial charge in [-0.3, -0.25) is 5.10 Å². The first-order chi connectivity index (χ1) is 10.4. The molecule has 0 aliphatic carbocycles. The first-order valence-corrected chi connectivity index (χ1v) is 7.00. The average molecular weight is 289 g/mol. The second-order valence-corrected chi connectivity index (χ2v) is 4.86. The van der Waals surface area contributed by atoms with Crippen LogP contribution in [-0.4, -0.2) is 37.3 Å². The van der Waals surface area contributed by atoms with Gasteiger partial charge in [0, 0.05) is 31.4 Å². The minimum Gasteiger partial charge on any atom is -0.454 e. The van der Waals surface area contributed by atoms with Crippen LogP contribution in [0.4, 0.5) is 0 Å². The van der Waals surface area contributed by atoms with Crippen LogP contribution in [0, 0.1) is 0 Å². The standard InChI is InChI=1S/C15H19N3O3/c1-19-6-2-5-16-8-12-9-17-18-15(12)11-3-4-13-14(7-11)21-10-20-13/h3-4,7,9,16H,2,5-6,8,10H2,1H3,(H,17,18). The number of hydrogen-bond acceptors (Lipinski definition) is 5. The Bertz CT molecular complexity index is 598. The first-order valence-electron chi connectivity index (χ1n) is 7.00. The van der Waals surface area contributed by atoms with Crippen LogP contribution in [-0.2, 0) is 11.3 Å². The van der Waals surface area contributed by atoms with E-state index in [9.17, 15) is 0 Å². The van der Waals surface area contributed by atoms with Gasteiger partial charge >= 0.3 is 0 Å². The van der Waals surface area contributed by atoms with E-state index in [1.807, 2.05) is 24.4 Å². The van der Waals surface area contributed by atoms with E-state index in [1.54, 1.807) is 7.11 Å². The van der Waals surface area contributed by atoms with Gasteiger partial charge in [-0.25, -0.2) is 0 Å². The molecule has 112 valence electrons. The smallest absolute Gasteiger partial charge is 0.231 e. The van der Waals surface area contributed by atoms with Crippen molar-refractivity contribution in [2.45, 2.75) is 13.0 Å². The highest BCUT2D eigenvalue weighted by Gasteiger charge is 2.15. The van der Waals surface area contributed by atoms with Crippen molar-refractivity contribution < 1.29 is 14.2 Å². The van der Waals surface area contributed by atoms with Crippen molar-refractivity contribution in [1.82, 2.24) is 15.5 Å². The van der Waals surface area contributed by atoms with Gasteiger partial charge in [0.1, 0.15) is 0 Å². The molecule has 2 heterocycles. The number of fused-ring (bicyclic) bond motifs is 1. The Morgan fingerprint density at radius 1 is 1.33 bits per heavy atom. The molecular weight excluding hydrogens is 270 g/mol. The molecule has 21 heavy (non-hydrogen) atoms. The molecule has 0 unspecified atom stereocenters. The van der Waals surface area contributed by atoms with Crippen LogP contribution < -0.4 is 14.8 Å². The molecule has 3 rings (SSSR count). The number of rotatable bonds is 7. The number of methoxy groups -OCH3 is 1. The summed E-state index contributed by atoms with van der Waals surface area (Å²) < 4.78 is 15.8. The van der Waals surface area contributed by atoms with Gasteiger partial charge in [-0.05, 0) is 31.2 Å². The molecule has 0 saturated carbocycles. The number of aromatic amines is 1. The van der Waals surface area contributed by atoms with Crippen molar-refractivity contribution in [3.05, 3.63) is 30.0 Å². The van der Waals surface area contributed by atoms with Crippen molar-refractivity contribution in [2.24, 2.45) is 0 Å². The van der Waals surface area contributed by atoms with Gasteiger partial charge in [-0.2, -0.15) is 5.10 Å². The average Bonchev–Trinajstić information content (AvgIpc) is 3.15. The Hall–Kier alpha value is -2.05. The molecule has 6 heteroatoms. The second kappa shape index (κ2) is 6.60. The topological polar surface area (TPSA) is 68.4 Å². The van der Waals surface area contributed by atoms with Crippen molar-refractivity contribution in [1.29, 1.82) is 0 Å². The third kappa shape index (κ3) is 3.17. The summed E-state index contributed by atoms with van der Waals surface area (Å²) in [6, 6.07) is 5.91. The maximum Gasteiger partial charge on any atom is 0.231 e. The predicted octanol–water partition coefficient (Wildman–Crippen LogP) is 1.93. The first kappa shape index (κ1) is 13.9. The molecular formula is C15H19N3O3. The maximum atomic E-state index is 5.42. The summed E-state index contributed by atoms with van der Waals surface area (Å²) in [5.41, 5.74) is 3.18. The number of nitrogens with one attached hydrogen (secondary N) is 2. The van der Waals surface area contributed by atoms with E-state index in [4.69, 9.17) is 14.2 Å². The Morgan fingerprint density at radius 3 is 3.14 bits per heavy atom. The van der Waals surface area contributed by atoms with E-state index in [1.165, 1.54) is 0 Å². The molecule has 2 aromatic rings. The molecule has 0 amide bonds. The molecule has 1 aromatic carbocycles. The van der Waals surface area contributed by atoms with Crippen LogP contribution in [0.1, 0.15) is 12.0 Å². The Balaban J connectivity index is 1.67. The number of ether oxygens (including phenoxy) is 3. The lowest BCUT2D eigenvalue weighted by atomic mass is 10.1. The Morgan fingerprint density at radius 2 is 2.24 bits per heavy atom. The van der Waals surface area contributed by atoms with Crippen LogP contribution in [0.2, 0.25) is 0 Å². The van der Waals surface area contributed by atoms with Gasteiger partial charge in [0.2, 0.25) is 6.79 Å². The second-order valence-electron chi connectivity index (χ2n) is 4.86. The number of H-pyrrole nitrogens is 1. The van der Waals surface area contributed by atoms with E-state index in [-0.39, 0.29) is 6.79 Å². The van der Waals surface area contributed by atoms with E-state index >= 15 is 0 Å². The molecule has 1 aliphatic rings. The van der Waals surface area contributed by atoms with E-state index < -0.39 is 0 Å². The zero-order valence-corrected chi connectivity index (χ0v) is 12.0. The molecule has 0 spiro atoms. The fraction of sp³-hybridized carbons (Fsp3) is 0.400. The fourth-order valence-electron chi connectivity index (χ4n) is 2.31. The summed E-state index contributed by atoms with van der Waals surface area (Å²) >= 11 is 0. The summed E-state index contributed by atoms with van der Waals surface area (Å²) in [4.78, 5) is 0. The van der Waals surface area contributed by atoms with Gasteiger partial charge in [0.05, 0.1) is 11.9 Å². The summed E-state index contributed by atoms with van der Waals surface area (Å²) in [5.74, 6) is 1.57. The molecule has 1 aromatic heterocycles. The summed E-state index contributed by atoms with van der Waals surface area (Å²) in [6.07, 6.45) is 2.84. The van der Waals surface area contributed by atoms with Crippen LogP contribution in [0.15, 0.2) is 24.4 Å². The van der Waals surface area contributed by atoms with Gasteiger partial charge in [-0.15, -0.1) is 0 Å². The van der Waals surface area contributed by atoms with Crippen LogP contribution in [0.25, 0.3) is 11.3 Å². The lowest BCUT2D eigenvalue weighted by Crippen LogP contribution is -2.16. The third-order valence-corrected chi connectivity index (χ3v) is 3.40. The number of hydrogen-bond donors (Lipinski definition) is 2. The quantitative estimate of drug-likeness (QED) is 0.762. The van der Waals surface area contributed by atoms with Gasteiger partial charge < -0.3 is 19.5 Å². The molecule has 1 aliphatic heterocycles. The van der Waals surface area contributed by atoms with Crippen molar-refractivity contribution >= 4 is 0 Å². The largest absolute Gasteiger partial charge is 0.454 e. The number of aromatic nitrogens is 2. The highest BCUT2D eigenvalue weighted by Crippen LogP contribution is 2.36. The highest BCUT2D eigenvalue weighted by molar-refractivity contribution is 5.66. The van der Waals surface area contributed by atoms with Crippen LogP contribution in [0.5, 0.6) is 11.5 Å². The van der Waals surface area contributed by atoms with Crippen molar-refractivity contribution in [3.8, 4) is 22.8 Å². The van der Waals surface area contributed by atoms with Gasteiger partial charge in [0.15, 0.2) is 11.5 Å². The molecule has 0 saturated heterocycles. The highest BCUT2D eigenvalue weighted by atomic mass is 16.7.